The number of benzene rings is 1. The first-order valence-corrected chi connectivity index (χ1v) is 5.27. The number of hydrogen-bond donors (Lipinski definition) is 0. The maximum absolute atomic E-state index is 8.88. The number of ether oxygens (including phenoxy) is 1. The number of methoxy groups -OCH3 is 1. The Labute approximate surface area is 92.5 Å². The zero-order valence-corrected chi connectivity index (χ0v) is 10.2. The zero-order valence-electron chi connectivity index (χ0n) is 10.2. The van der Waals surface area contributed by atoms with Crippen LogP contribution in [-0.4, -0.2) is 7.11 Å². The highest BCUT2D eigenvalue weighted by Gasteiger charge is 2.11. The van der Waals surface area contributed by atoms with Gasteiger partial charge < -0.3 is 4.74 Å². The van der Waals surface area contributed by atoms with Crippen molar-refractivity contribution in [2.24, 2.45) is 0 Å². The Hall–Kier alpha value is -1.49. The van der Waals surface area contributed by atoms with Crippen molar-refractivity contribution in [3.05, 3.63) is 29.3 Å². The first-order valence-electron chi connectivity index (χ1n) is 5.27. The monoisotopic (exact) mass is 205 g/mol. The minimum absolute atomic E-state index is 0.311. The lowest BCUT2D eigenvalue weighted by Gasteiger charge is -2.12. The van der Waals surface area contributed by atoms with Crippen LogP contribution in [0.15, 0.2) is 18.2 Å². The normalized spacial score (nSPS) is 8.87. The number of rotatable bonds is 2. The van der Waals surface area contributed by atoms with Gasteiger partial charge in [-0.05, 0) is 18.1 Å². The SMILES string of the molecule is CC.COc1cccc(C#N)c1C(C)C. The quantitative estimate of drug-likeness (QED) is 0.737. The third-order valence-electron chi connectivity index (χ3n) is 1.98. The number of nitrogens with zero attached hydrogens (tertiary/aromatic N) is 1. The molecule has 0 aliphatic rings. The summed E-state index contributed by atoms with van der Waals surface area (Å²) >= 11 is 0. The summed E-state index contributed by atoms with van der Waals surface area (Å²) in [6.45, 7) is 8.11. The van der Waals surface area contributed by atoms with Gasteiger partial charge in [-0.15, -0.1) is 0 Å². The molecule has 0 aliphatic carbocycles. The molecule has 0 fully saturated rings. The van der Waals surface area contributed by atoms with E-state index in [0.29, 0.717) is 11.5 Å². The Bertz CT molecular complexity index is 337. The Morgan fingerprint density at radius 1 is 1.27 bits per heavy atom. The molecule has 82 valence electrons. The van der Waals surface area contributed by atoms with Crippen LogP contribution in [0.5, 0.6) is 5.75 Å². The van der Waals surface area contributed by atoms with E-state index < -0.39 is 0 Å². The molecule has 2 heteroatoms. The molecule has 0 amide bonds. The van der Waals surface area contributed by atoms with Gasteiger partial charge >= 0.3 is 0 Å². The van der Waals surface area contributed by atoms with Crippen LogP contribution in [0, 0.1) is 11.3 Å². The van der Waals surface area contributed by atoms with Crippen molar-refractivity contribution >= 4 is 0 Å². The van der Waals surface area contributed by atoms with Crippen LogP contribution in [0.1, 0.15) is 44.7 Å². The number of nitriles is 1. The van der Waals surface area contributed by atoms with Crippen molar-refractivity contribution in [3.63, 3.8) is 0 Å². The van der Waals surface area contributed by atoms with Gasteiger partial charge in [0.25, 0.3) is 0 Å². The highest BCUT2D eigenvalue weighted by atomic mass is 16.5. The van der Waals surface area contributed by atoms with E-state index >= 15 is 0 Å². The Balaban J connectivity index is 0.000000921. The smallest absolute Gasteiger partial charge is 0.123 e. The highest BCUT2D eigenvalue weighted by molar-refractivity contribution is 5.48. The second-order valence-corrected chi connectivity index (χ2v) is 3.19. The molecular weight excluding hydrogens is 186 g/mol. The standard InChI is InChI=1S/C11H13NO.C2H6/c1-8(2)11-9(7-12)5-4-6-10(11)13-3;1-2/h4-6,8H,1-3H3;1-2H3. The largest absolute Gasteiger partial charge is 0.496 e. The van der Waals surface area contributed by atoms with Crippen LogP contribution in [-0.2, 0) is 0 Å². The predicted molar refractivity (Wildman–Crippen MR) is 63.1 cm³/mol. The third-order valence-corrected chi connectivity index (χ3v) is 1.98. The molecule has 2 nitrogen and oxygen atoms in total. The molecule has 0 heterocycles. The molecule has 0 aromatic heterocycles. The molecule has 0 unspecified atom stereocenters. The van der Waals surface area contributed by atoms with Crippen molar-refractivity contribution in [2.45, 2.75) is 33.6 Å². The zero-order chi connectivity index (χ0) is 11.8. The molecule has 1 aromatic rings. The fourth-order valence-electron chi connectivity index (χ4n) is 1.42. The molecule has 1 aromatic carbocycles. The first kappa shape index (κ1) is 13.5. The summed E-state index contributed by atoms with van der Waals surface area (Å²) in [7, 11) is 1.63. The van der Waals surface area contributed by atoms with Crippen molar-refractivity contribution in [1.29, 1.82) is 5.26 Å². The van der Waals surface area contributed by atoms with Crippen LogP contribution in [0.25, 0.3) is 0 Å². The second-order valence-electron chi connectivity index (χ2n) is 3.19. The van der Waals surface area contributed by atoms with Crippen LogP contribution in [0.3, 0.4) is 0 Å². The van der Waals surface area contributed by atoms with Gasteiger partial charge in [0.2, 0.25) is 0 Å². The summed E-state index contributed by atoms with van der Waals surface area (Å²) in [6.07, 6.45) is 0. The lowest BCUT2D eigenvalue weighted by molar-refractivity contribution is 0.407. The van der Waals surface area contributed by atoms with Crippen LogP contribution >= 0.6 is 0 Å². The van der Waals surface area contributed by atoms with E-state index in [0.717, 1.165) is 11.3 Å². The van der Waals surface area contributed by atoms with Crippen LogP contribution < -0.4 is 4.74 Å². The van der Waals surface area contributed by atoms with Crippen LogP contribution in [0.2, 0.25) is 0 Å². The topological polar surface area (TPSA) is 33.0 Å². The van der Waals surface area contributed by atoms with Crippen molar-refractivity contribution < 1.29 is 4.74 Å². The third kappa shape index (κ3) is 3.28. The molecule has 15 heavy (non-hydrogen) atoms. The van der Waals surface area contributed by atoms with Crippen molar-refractivity contribution in [2.75, 3.05) is 7.11 Å². The van der Waals surface area contributed by atoms with Gasteiger partial charge in [0.05, 0.1) is 18.7 Å². The molecule has 0 bridgehead atoms. The molecule has 1 rings (SSSR count). The van der Waals surface area contributed by atoms with Gasteiger partial charge in [-0.1, -0.05) is 33.8 Å². The molecule has 0 aliphatic heterocycles. The molecule has 0 atom stereocenters. The summed E-state index contributed by atoms with van der Waals surface area (Å²) in [5.74, 6) is 1.11. The van der Waals surface area contributed by atoms with Crippen molar-refractivity contribution in [3.8, 4) is 11.8 Å². The molecular formula is C13H19NO. The van der Waals surface area contributed by atoms with E-state index in [2.05, 4.69) is 19.9 Å². The van der Waals surface area contributed by atoms with Crippen LogP contribution in [0.4, 0.5) is 0 Å². The maximum Gasteiger partial charge on any atom is 0.123 e. The van der Waals surface area contributed by atoms with E-state index in [-0.39, 0.29) is 0 Å². The average molecular weight is 205 g/mol. The molecule has 0 radical (unpaired) electrons. The highest BCUT2D eigenvalue weighted by Crippen LogP contribution is 2.28. The lowest BCUT2D eigenvalue weighted by atomic mass is 9.97. The molecule has 0 N–H and O–H groups in total. The predicted octanol–water partition coefficient (Wildman–Crippen LogP) is 3.72. The first-order chi connectivity index (χ1) is 7.20. The van der Waals surface area contributed by atoms with E-state index in [9.17, 15) is 0 Å². The van der Waals surface area contributed by atoms with Crippen molar-refractivity contribution in [1.82, 2.24) is 0 Å². The molecule has 0 spiro atoms. The summed E-state index contributed by atoms with van der Waals surface area (Å²) in [5, 5.41) is 8.88. The van der Waals surface area contributed by atoms with Gasteiger partial charge in [0.1, 0.15) is 5.75 Å². The van der Waals surface area contributed by atoms with E-state index in [1.165, 1.54) is 0 Å². The fraction of sp³-hybridized carbons (Fsp3) is 0.462. The Morgan fingerprint density at radius 2 is 1.87 bits per heavy atom. The fourth-order valence-corrected chi connectivity index (χ4v) is 1.42. The minimum atomic E-state index is 0.311. The van der Waals surface area contributed by atoms with E-state index in [4.69, 9.17) is 10.00 Å². The van der Waals surface area contributed by atoms with Gasteiger partial charge in [0.15, 0.2) is 0 Å². The summed E-state index contributed by atoms with van der Waals surface area (Å²) < 4.78 is 5.20. The van der Waals surface area contributed by atoms with Gasteiger partial charge in [-0.25, -0.2) is 0 Å². The Kier molecular flexibility index (Phi) is 6.21. The Morgan fingerprint density at radius 3 is 2.27 bits per heavy atom. The average Bonchev–Trinajstić information content (AvgIpc) is 2.30. The van der Waals surface area contributed by atoms with E-state index in [1.54, 1.807) is 7.11 Å². The molecule has 0 saturated carbocycles. The number of hydrogen-bond acceptors (Lipinski definition) is 2. The summed E-state index contributed by atoms with van der Waals surface area (Å²) in [6, 6.07) is 7.71. The minimum Gasteiger partial charge on any atom is -0.496 e. The van der Waals surface area contributed by atoms with E-state index in [1.807, 2.05) is 32.0 Å². The lowest BCUT2D eigenvalue weighted by Crippen LogP contribution is -1.97. The molecule has 0 saturated heterocycles. The van der Waals surface area contributed by atoms with Gasteiger partial charge in [-0.3, -0.25) is 0 Å². The maximum atomic E-state index is 8.88. The van der Waals surface area contributed by atoms with Gasteiger partial charge in [0, 0.05) is 5.56 Å². The second kappa shape index (κ2) is 6.89. The van der Waals surface area contributed by atoms with Gasteiger partial charge in [-0.2, -0.15) is 5.26 Å². The summed E-state index contributed by atoms with van der Waals surface area (Å²) in [5.41, 5.74) is 1.70. The summed E-state index contributed by atoms with van der Waals surface area (Å²) in [4.78, 5) is 0.